The summed E-state index contributed by atoms with van der Waals surface area (Å²) in [4.78, 5) is 0. The number of sulfonamides is 2. The Labute approximate surface area is 119 Å². The minimum atomic E-state index is -3.60. The van der Waals surface area contributed by atoms with Crippen LogP contribution in [0.5, 0.6) is 0 Å². The molecule has 0 aromatic carbocycles. The van der Waals surface area contributed by atoms with Gasteiger partial charge >= 0.3 is 0 Å². The Morgan fingerprint density at radius 3 is 2.30 bits per heavy atom. The van der Waals surface area contributed by atoms with Crippen LogP contribution in [0.15, 0.2) is 0 Å². The van der Waals surface area contributed by atoms with Gasteiger partial charge in [-0.1, -0.05) is 0 Å². The van der Waals surface area contributed by atoms with E-state index >= 15 is 0 Å². The second-order valence-corrected chi connectivity index (χ2v) is 9.45. The van der Waals surface area contributed by atoms with E-state index in [4.69, 9.17) is 5.26 Å². The van der Waals surface area contributed by atoms with Crippen molar-refractivity contribution in [1.82, 2.24) is 8.61 Å². The predicted octanol–water partition coefficient (Wildman–Crippen LogP) is -1.44. The molecule has 0 amide bonds. The van der Waals surface area contributed by atoms with E-state index < -0.39 is 25.6 Å². The van der Waals surface area contributed by atoms with Crippen LogP contribution in [0, 0.1) is 11.3 Å². The number of hydrogen-bond donors (Lipinski definition) is 1. The minimum Gasteiger partial charge on any atom is -0.387 e. The molecule has 0 atom stereocenters. The maximum absolute atomic E-state index is 11.8. The molecule has 1 aliphatic rings. The van der Waals surface area contributed by atoms with E-state index in [1.165, 1.54) is 7.05 Å². The fourth-order valence-electron chi connectivity index (χ4n) is 1.82. The van der Waals surface area contributed by atoms with Crippen LogP contribution < -0.4 is 0 Å². The Hall–Kier alpha value is -0.730. The second-order valence-electron chi connectivity index (χ2n) is 5.16. The molecule has 0 aromatic rings. The Morgan fingerprint density at radius 1 is 1.30 bits per heavy atom. The Kier molecular flexibility index (Phi) is 5.15. The first-order valence-corrected chi connectivity index (χ1v) is 9.23. The van der Waals surface area contributed by atoms with Gasteiger partial charge < -0.3 is 5.11 Å². The molecule has 0 aromatic heterocycles. The summed E-state index contributed by atoms with van der Waals surface area (Å²) in [5.41, 5.74) is -0.994. The van der Waals surface area contributed by atoms with Crippen LogP contribution in [0.1, 0.15) is 13.3 Å². The number of aliphatic hydroxyl groups is 1. The molecular weight excluding hydrogens is 306 g/mol. The topological polar surface area (TPSA) is 119 Å². The highest BCUT2D eigenvalue weighted by molar-refractivity contribution is 7.90. The minimum absolute atomic E-state index is 0.0381. The summed E-state index contributed by atoms with van der Waals surface area (Å²) in [6.45, 7) is 1.36. The average molecular weight is 325 g/mol. The maximum atomic E-state index is 11.8. The molecule has 1 fully saturated rings. The SMILES string of the molecule is CN(CC#N)S(=O)(=O)CCCS(=O)(=O)N1CC(C)(O)C1. The third kappa shape index (κ3) is 4.39. The van der Waals surface area contributed by atoms with Gasteiger partial charge in [-0.3, -0.25) is 0 Å². The predicted molar refractivity (Wildman–Crippen MR) is 72.6 cm³/mol. The van der Waals surface area contributed by atoms with Crippen molar-refractivity contribution >= 4 is 20.0 Å². The molecule has 0 saturated carbocycles. The van der Waals surface area contributed by atoms with E-state index in [0.717, 1.165) is 8.61 Å². The zero-order valence-electron chi connectivity index (χ0n) is 11.5. The third-order valence-corrected chi connectivity index (χ3v) is 6.73. The van der Waals surface area contributed by atoms with Gasteiger partial charge in [-0.05, 0) is 13.3 Å². The molecule has 0 bridgehead atoms. The van der Waals surface area contributed by atoms with E-state index in [-0.39, 0.29) is 37.6 Å². The van der Waals surface area contributed by atoms with Crippen molar-refractivity contribution in [2.75, 3.05) is 38.2 Å². The molecule has 1 N–H and O–H groups in total. The van der Waals surface area contributed by atoms with Crippen LogP contribution in [0.2, 0.25) is 0 Å². The summed E-state index contributed by atoms with van der Waals surface area (Å²) >= 11 is 0. The van der Waals surface area contributed by atoms with Crippen molar-refractivity contribution in [1.29, 1.82) is 5.26 Å². The van der Waals surface area contributed by atoms with Crippen LogP contribution in [0.4, 0.5) is 0 Å². The van der Waals surface area contributed by atoms with E-state index in [1.54, 1.807) is 13.0 Å². The monoisotopic (exact) mass is 325 g/mol. The fourth-order valence-corrected chi connectivity index (χ4v) is 4.79. The number of nitriles is 1. The molecule has 1 rings (SSSR count). The third-order valence-electron chi connectivity index (χ3n) is 3.00. The lowest BCUT2D eigenvalue weighted by Gasteiger charge is -2.42. The summed E-state index contributed by atoms with van der Waals surface area (Å²) in [6, 6.07) is 1.72. The molecule has 20 heavy (non-hydrogen) atoms. The van der Waals surface area contributed by atoms with Gasteiger partial charge in [-0.15, -0.1) is 0 Å². The zero-order valence-corrected chi connectivity index (χ0v) is 13.1. The van der Waals surface area contributed by atoms with Crippen LogP contribution in [-0.4, -0.2) is 74.3 Å². The quantitative estimate of drug-likeness (QED) is 0.573. The lowest BCUT2D eigenvalue weighted by atomic mass is 10.0. The first-order chi connectivity index (χ1) is 9.00. The molecule has 0 radical (unpaired) electrons. The summed E-state index contributed by atoms with van der Waals surface area (Å²) in [5.74, 6) is -0.614. The molecule has 1 saturated heterocycles. The zero-order chi connectivity index (χ0) is 15.6. The van der Waals surface area contributed by atoms with Gasteiger partial charge in [0.1, 0.15) is 6.54 Å². The van der Waals surface area contributed by atoms with Crippen molar-refractivity contribution in [3.05, 3.63) is 0 Å². The molecular formula is C10H19N3O5S2. The number of nitrogens with zero attached hydrogens (tertiary/aromatic N) is 3. The molecule has 1 aliphatic heterocycles. The fraction of sp³-hybridized carbons (Fsp3) is 0.900. The normalized spacial score (nSPS) is 19.6. The van der Waals surface area contributed by atoms with Gasteiger partial charge in [0.05, 0.1) is 23.2 Å². The first kappa shape index (κ1) is 17.3. The molecule has 8 nitrogen and oxygen atoms in total. The van der Waals surface area contributed by atoms with Crippen molar-refractivity contribution in [2.24, 2.45) is 0 Å². The van der Waals surface area contributed by atoms with Crippen molar-refractivity contribution < 1.29 is 21.9 Å². The summed E-state index contributed by atoms with van der Waals surface area (Å²) < 4.78 is 49.1. The number of β-amino-alcohol motifs (C(OH)–C–C–N with tert-alkyl or cyclic N) is 1. The Balaban J connectivity index is 2.47. The van der Waals surface area contributed by atoms with Crippen LogP contribution in [-0.2, 0) is 20.0 Å². The number of rotatable bonds is 7. The van der Waals surface area contributed by atoms with Gasteiger partial charge in [0.25, 0.3) is 0 Å². The van der Waals surface area contributed by atoms with Crippen molar-refractivity contribution in [3.63, 3.8) is 0 Å². The van der Waals surface area contributed by atoms with Gasteiger partial charge in [0, 0.05) is 20.1 Å². The van der Waals surface area contributed by atoms with Crippen LogP contribution in [0.3, 0.4) is 0 Å². The molecule has 10 heteroatoms. The van der Waals surface area contributed by atoms with Crippen LogP contribution in [0.25, 0.3) is 0 Å². The summed E-state index contributed by atoms with van der Waals surface area (Å²) in [5, 5.41) is 17.9. The van der Waals surface area contributed by atoms with Crippen molar-refractivity contribution in [2.45, 2.75) is 18.9 Å². The molecule has 0 unspecified atom stereocenters. The van der Waals surface area contributed by atoms with E-state index in [1.807, 2.05) is 0 Å². The number of hydrogen-bond acceptors (Lipinski definition) is 6. The highest BCUT2D eigenvalue weighted by Gasteiger charge is 2.42. The van der Waals surface area contributed by atoms with Crippen LogP contribution >= 0.6 is 0 Å². The molecule has 0 aliphatic carbocycles. The van der Waals surface area contributed by atoms with Crippen molar-refractivity contribution in [3.8, 4) is 6.07 Å². The lowest BCUT2D eigenvalue weighted by Crippen LogP contribution is -2.62. The summed E-state index contributed by atoms with van der Waals surface area (Å²) in [6.07, 6.45) is -0.0426. The molecule has 0 spiro atoms. The second kappa shape index (κ2) is 5.95. The average Bonchev–Trinajstić information content (AvgIpc) is 2.25. The highest BCUT2D eigenvalue weighted by Crippen LogP contribution is 2.23. The van der Waals surface area contributed by atoms with Gasteiger partial charge in [-0.25, -0.2) is 16.8 Å². The van der Waals surface area contributed by atoms with Gasteiger partial charge in [-0.2, -0.15) is 13.9 Å². The smallest absolute Gasteiger partial charge is 0.214 e. The van der Waals surface area contributed by atoms with Gasteiger partial charge in [0.2, 0.25) is 20.0 Å². The molecule has 1 heterocycles. The Morgan fingerprint density at radius 2 is 1.85 bits per heavy atom. The highest BCUT2D eigenvalue weighted by atomic mass is 32.2. The summed E-state index contributed by atoms with van der Waals surface area (Å²) in [7, 11) is -5.86. The van der Waals surface area contributed by atoms with E-state index in [2.05, 4.69) is 0 Å². The lowest BCUT2D eigenvalue weighted by molar-refractivity contribution is -0.0426. The van der Waals surface area contributed by atoms with E-state index in [0.29, 0.717) is 0 Å². The van der Waals surface area contributed by atoms with Gasteiger partial charge in [0.15, 0.2) is 0 Å². The Bertz CT molecular complexity index is 583. The first-order valence-electron chi connectivity index (χ1n) is 6.01. The maximum Gasteiger partial charge on any atom is 0.214 e. The standard InChI is InChI=1S/C10H19N3O5S2/c1-10(14)8-13(9-10)20(17,18)7-3-6-19(15,16)12(2)5-4-11/h14H,3,5-9H2,1-2H3. The molecule has 116 valence electrons. The largest absolute Gasteiger partial charge is 0.387 e. The van der Waals surface area contributed by atoms with E-state index in [9.17, 15) is 21.9 Å².